The van der Waals surface area contributed by atoms with Gasteiger partial charge in [0.15, 0.2) is 9.04 Å². The minimum atomic E-state index is -1.35. The Balaban J connectivity index is 1.92. The Labute approximate surface area is 179 Å². The highest BCUT2D eigenvalue weighted by Crippen LogP contribution is 2.44. The summed E-state index contributed by atoms with van der Waals surface area (Å²) in [5.74, 6) is 1.24. The molecule has 0 bridgehead atoms. The Kier molecular flexibility index (Phi) is 6.55. The second kappa shape index (κ2) is 8.61. The zero-order valence-corrected chi connectivity index (χ0v) is 20.3. The number of hydrogen-bond donors (Lipinski definition) is 0. The van der Waals surface area contributed by atoms with Gasteiger partial charge in [-0.1, -0.05) is 33.4 Å². The van der Waals surface area contributed by atoms with Crippen LogP contribution in [-0.2, 0) is 15.6 Å². The highest BCUT2D eigenvalue weighted by Gasteiger charge is 2.49. The van der Waals surface area contributed by atoms with Crippen LogP contribution >= 0.6 is 11.3 Å². The summed E-state index contributed by atoms with van der Waals surface area (Å²) in [4.78, 5) is 21.6. The molecule has 6 nitrogen and oxygen atoms in total. The van der Waals surface area contributed by atoms with Crippen molar-refractivity contribution < 1.29 is 14.0 Å². The van der Waals surface area contributed by atoms with Crippen molar-refractivity contribution in [1.82, 2.24) is 14.3 Å². The highest BCUT2D eigenvalue weighted by atomic mass is 32.1. The number of rotatable bonds is 6. The molecular formula is C21H33N3O3SSi. The zero-order valence-electron chi connectivity index (χ0n) is 18.3. The lowest BCUT2D eigenvalue weighted by Crippen LogP contribution is -2.47. The maximum atomic E-state index is 13.0. The Hall–Kier alpha value is -1.64. The van der Waals surface area contributed by atoms with E-state index in [1.165, 1.54) is 4.88 Å². The molecule has 1 fully saturated rings. The first-order valence-corrected chi connectivity index (χ1v) is 13.8. The van der Waals surface area contributed by atoms with Crippen LogP contribution < -0.4 is 0 Å². The summed E-state index contributed by atoms with van der Waals surface area (Å²) in [6.07, 6.45) is 6.81. The van der Waals surface area contributed by atoms with E-state index in [0.717, 1.165) is 23.5 Å². The van der Waals surface area contributed by atoms with Crippen LogP contribution in [0.15, 0.2) is 25.0 Å². The molecule has 0 spiro atoms. The Morgan fingerprint density at radius 1 is 1.45 bits per heavy atom. The van der Waals surface area contributed by atoms with Crippen LogP contribution in [0.25, 0.3) is 4.83 Å². The molecule has 1 aliphatic rings. The molecule has 2 aromatic heterocycles. The van der Waals surface area contributed by atoms with Crippen LogP contribution in [0.4, 0.5) is 4.79 Å². The van der Waals surface area contributed by atoms with Crippen LogP contribution in [0, 0.1) is 18.3 Å². The standard InChI is InChI=1S/C21H33N3O3SSi/c1-8-9-26-20(25)24-15(10-16-13-23-14(2)22-12-18(23)28-16)11-17(21(3,4)5)19(24)27-29(6)7/h8,12-13,15,17,19,29H,1,9-11H2,2-7H3/t15-,17+,19?/m1/s1. The number of thiazole rings is 1. The summed E-state index contributed by atoms with van der Waals surface area (Å²) < 4.78 is 14.0. The summed E-state index contributed by atoms with van der Waals surface area (Å²) in [5.41, 5.74) is 0.0304. The molecular weight excluding hydrogens is 402 g/mol. The number of hydrogen-bond acceptors (Lipinski definition) is 5. The van der Waals surface area contributed by atoms with E-state index in [4.69, 9.17) is 9.16 Å². The molecule has 1 amide bonds. The molecule has 8 heteroatoms. The topological polar surface area (TPSA) is 56.1 Å². The van der Waals surface area contributed by atoms with Gasteiger partial charge in [0.25, 0.3) is 0 Å². The van der Waals surface area contributed by atoms with Crippen molar-refractivity contribution in [2.75, 3.05) is 6.61 Å². The summed E-state index contributed by atoms with van der Waals surface area (Å²) >= 11 is 1.73. The Morgan fingerprint density at radius 3 is 2.76 bits per heavy atom. The molecule has 0 N–H and O–H groups in total. The number of ether oxygens (including phenoxy) is 1. The number of nitrogens with zero attached hydrogens (tertiary/aromatic N) is 3. The molecule has 160 valence electrons. The van der Waals surface area contributed by atoms with Crippen molar-refractivity contribution >= 4 is 31.3 Å². The second-order valence-corrected chi connectivity index (χ2v) is 12.6. The Bertz CT molecular complexity index is 870. The highest BCUT2D eigenvalue weighted by molar-refractivity contribution is 7.17. The monoisotopic (exact) mass is 435 g/mol. The number of carbonyl (C=O) groups is 1. The maximum Gasteiger partial charge on any atom is 0.412 e. The SMILES string of the molecule is C=CCOC(=O)N1C(O[SiH](C)C)[C@@H](C(C)(C)C)C[C@H]1Cc1cn2c(C)ncc2s1. The quantitative estimate of drug-likeness (QED) is 0.490. The number of likely N-dealkylation sites (tertiary alicyclic amines) is 1. The normalized spacial score (nSPS) is 22.6. The van der Waals surface area contributed by atoms with Gasteiger partial charge in [0, 0.05) is 29.5 Å². The molecule has 3 rings (SSSR count). The van der Waals surface area contributed by atoms with Crippen LogP contribution in [0.2, 0.25) is 13.1 Å². The minimum absolute atomic E-state index is 0.0304. The lowest BCUT2D eigenvalue weighted by Gasteiger charge is -2.36. The van der Waals surface area contributed by atoms with Crippen LogP contribution in [0.3, 0.4) is 0 Å². The fourth-order valence-electron chi connectivity index (χ4n) is 4.08. The van der Waals surface area contributed by atoms with E-state index in [1.807, 2.05) is 18.0 Å². The lowest BCUT2D eigenvalue weighted by atomic mass is 9.78. The maximum absolute atomic E-state index is 13.0. The van der Waals surface area contributed by atoms with Crippen molar-refractivity contribution in [2.24, 2.45) is 11.3 Å². The largest absolute Gasteiger partial charge is 0.445 e. The van der Waals surface area contributed by atoms with Gasteiger partial charge in [0.2, 0.25) is 0 Å². The molecule has 1 aliphatic heterocycles. The van der Waals surface area contributed by atoms with Gasteiger partial charge < -0.3 is 9.16 Å². The number of aromatic nitrogens is 2. The fraction of sp³-hybridized carbons (Fsp3) is 0.619. The minimum Gasteiger partial charge on any atom is -0.445 e. The summed E-state index contributed by atoms with van der Waals surface area (Å²) in [5, 5.41) is 0. The predicted octanol–water partition coefficient (Wildman–Crippen LogP) is 4.63. The lowest BCUT2D eigenvalue weighted by molar-refractivity contribution is -0.0130. The van der Waals surface area contributed by atoms with Crippen molar-refractivity contribution in [3.05, 3.63) is 35.8 Å². The van der Waals surface area contributed by atoms with E-state index >= 15 is 0 Å². The number of aryl methyl sites for hydroxylation is 1. The summed E-state index contributed by atoms with van der Waals surface area (Å²) in [6.45, 7) is 16.9. The van der Waals surface area contributed by atoms with Crippen LogP contribution in [-0.4, -0.2) is 48.3 Å². The van der Waals surface area contributed by atoms with Gasteiger partial charge in [0.05, 0.1) is 6.20 Å². The average molecular weight is 436 g/mol. The average Bonchev–Trinajstić information content (AvgIpc) is 3.27. The van der Waals surface area contributed by atoms with Gasteiger partial charge in [-0.25, -0.2) is 9.78 Å². The van der Waals surface area contributed by atoms with E-state index in [-0.39, 0.29) is 36.3 Å². The molecule has 1 saturated heterocycles. The Morgan fingerprint density at radius 2 is 2.17 bits per heavy atom. The van der Waals surface area contributed by atoms with Gasteiger partial charge >= 0.3 is 6.09 Å². The number of imidazole rings is 1. The molecule has 1 unspecified atom stereocenters. The molecule has 0 saturated carbocycles. The van der Waals surface area contributed by atoms with Gasteiger partial charge in [-0.2, -0.15) is 0 Å². The molecule has 0 radical (unpaired) electrons. The van der Waals surface area contributed by atoms with Gasteiger partial charge in [0.1, 0.15) is 23.5 Å². The smallest absolute Gasteiger partial charge is 0.412 e. The second-order valence-electron chi connectivity index (χ2n) is 9.13. The molecule has 0 aliphatic carbocycles. The molecule has 0 aromatic carbocycles. The zero-order chi connectivity index (χ0) is 21.3. The number of amides is 1. The van der Waals surface area contributed by atoms with Gasteiger partial charge in [-0.05, 0) is 31.9 Å². The van der Waals surface area contributed by atoms with Crippen LogP contribution in [0.5, 0.6) is 0 Å². The third kappa shape index (κ3) is 4.75. The summed E-state index contributed by atoms with van der Waals surface area (Å²) in [6, 6.07) is 0.0471. The molecule has 2 aromatic rings. The molecule has 3 heterocycles. The van der Waals surface area contributed by atoms with E-state index in [2.05, 4.69) is 56.0 Å². The number of fused-ring (bicyclic) bond motifs is 1. The van der Waals surface area contributed by atoms with Crippen molar-refractivity contribution in [3.8, 4) is 0 Å². The number of carbonyl (C=O) groups excluding carboxylic acids is 1. The van der Waals surface area contributed by atoms with Crippen molar-refractivity contribution in [1.29, 1.82) is 0 Å². The van der Waals surface area contributed by atoms with E-state index in [1.54, 1.807) is 17.4 Å². The third-order valence-electron chi connectivity index (χ3n) is 5.49. The first-order valence-electron chi connectivity index (χ1n) is 10.3. The van der Waals surface area contributed by atoms with Crippen molar-refractivity contribution in [3.63, 3.8) is 0 Å². The predicted molar refractivity (Wildman–Crippen MR) is 120 cm³/mol. The molecule has 3 atom stereocenters. The van der Waals surface area contributed by atoms with E-state index in [0.29, 0.717) is 0 Å². The van der Waals surface area contributed by atoms with Gasteiger partial charge in [-0.15, -0.1) is 11.3 Å². The fourth-order valence-corrected chi connectivity index (χ4v) is 6.05. The van der Waals surface area contributed by atoms with Crippen LogP contribution in [0.1, 0.15) is 37.9 Å². The first-order chi connectivity index (χ1) is 13.6. The van der Waals surface area contributed by atoms with Gasteiger partial charge in [-0.3, -0.25) is 9.30 Å². The van der Waals surface area contributed by atoms with E-state index in [9.17, 15) is 4.79 Å². The first kappa shape index (κ1) is 22.1. The van der Waals surface area contributed by atoms with Crippen molar-refractivity contribution in [2.45, 2.75) is 65.9 Å². The molecule has 29 heavy (non-hydrogen) atoms. The summed E-state index contributed by atoms with van der Waals surface area (Å²) in [7, 11) is -1.35. The van der Waals surface area contributed by atoms with E-state index < -0.39 is 9.04 Å². The third-order valence-corrected chi connectivity index (χ3v) is 7.36.